The van der Waals surface area contributed by atoms with Gasteiger partial charge in [0.1, 0.15) is 0 Å². The van der Waals surface area contributed by atoms with Crippen LogP contribution in [-0.4, -0.2) is 35.4 Å². The Hall–Kier alpha value is -0.910. The van der Waals surface area contributed by atoms with Crippen LogP contribution < -0.4 is 11.1 Å². The van der Waals surface area contributed by atoms with Gasteiger partial charge in [0.05, 0.1) is 29.9 Å². The van der Waals surface area contributed by atoms with Gasteiger partial charge in [0.25, 0.3) is 0 Å². The van der Waals surface area contributed by atoms with E-state index in [1.807, 2.05) is 6.33 Å². The van der Waals surface area contributed by atoms with Crippen molar-refractivity contribution in [3.8, 4) is 0 Å². The lowest BCUT2D eigenvalue weighted by Gasteiger charge is -2.38. The first-order chi connectivity index (χ1) is 7.75. The summed E-state index contributed by atoms with van der Waals surface area (Å²) in [5.41, 5.74) is 8.20. The van der Waals surface area contributed by atoms with E-state index in [4.69, 9.17) is 10.5 Å². The highest BCUT2D eigenvalue weighted by atomic mass is 16.5. The van der Waals surface area contributed by atoms with Crippen molar-refractivity contribution < 1.29 is 4.74 Å². The highest BCUT2D eigenvalue weighted by molar-refractivity contribution is 5.29. The quantitative estimate of drug-likeness (QED) is 0.673. The summed E-state index contributed by atoms with van der Waals surface area (Å²) in [6, 6.07) is 0.323. The smallest absolute Gasteiger partial charge is 0.0949 e. The molecular weight excluding hydrogens is 204 g/mol. The van der Waals surface area contributed by atoms with E-state index < -0.39 is 0 Å². The van der Waals surface area contributed by atoms with Gasteiger partial charge in [-0.25, -0.2) is 4.98 Å². The molecule has 0 aromatic carbocycles. The normalized spacial score (nSPS) is 33.2. The lowest BCUT2D eigenvalue weighted by molar-refractivity contribution is 0.152. The van der Waals surface area contributed by atoms with Gasteiger partial charge in [0.15, 0.2) is 0 Å². The molecule has 0 radical (unpaired) electrons. The average molecular weight is 222 g/mol. The van der Waals surface area contributed by atoms with Crippen LogP contribution in [0, 0.1) is 0 Å². The molecule has 2 aliphatic heterocycles. The number of hydrogen-bond donors (Lipinski definition) is 2. The van der Waals surface area contributed by atoms with E-state index in [0.29, 0.717) is 12.6 Å². The van der Waals surface area contributed by atoms with Crippen molar-refractivity contribution in [1.82, 2.24) is 14.9 Å². The molecule has 1 aromatic rings. The Morgan fingerprint density at radius 1 is 1.75 bits per heavy atom. The highest BCUT2D eigenvalue weighted by Crippen LogP contribution is 2.36. The molecule has 3 heterocycles. The molecule has 0 bridgehead atoms. The Balaban J connectivity index is 2.07. The number of fused-ring (bicyclic) bond motifs is 2. The zero-order chi connectivity index (χ0) is 11.2. The fraction of sp³-hybridized carbons (Fsp3) is 0.727. The summed E-state index contributed by atoms with van der Waals surface area (Å²) in [4.78, 5) is 4.49. The van der Waals surface area contributed by atoms with Gasteiger partial charge in [-0.15, -0.1) is 0 Å². The van der Waals surface area contributed by atoms with E-state index in [9.17, 15) is 0 Å². The summed E-state index contributed by atoms with van der Waals surface area (Å²) < 4.78 is 7.68. The van der Waals surface area contributed by atoms with Crippen LogP contribution in [0.25, 0.3) is 0 Å². The minimum absolute atomic E-state index is 0.0527. The second-order valence-electron chi connectivity index (χ2n) is 4.82. The van der Waals surface area contributed by atoms with Crippen LogP contribution in [0.4, 0.5) is 0 Å². The molecule has 5 heteroatoms. The molecule has 3 N–H and O–H groups in total. The number of nitrogens with two attached hydrogens (primary N) is 1. The van der Waals surface area contributed by atoms with E-state index in [2.05, 4.69) is 21.9 Å². The van der Waals surface area contributed by atoms with Crippen molar-refractivity contribution in [2.75, 3.05) is 19.8 Å². The third-order valence-electron chi connectivity index (χ3n) is 3.69. The zero-order valence-electron chi connectivity index (χ0n) is 9.57. The number of nitrogens with one attached hydrogen (secondary N) is 1. The van der Waals surface area contributed by atoms with Gasteiger partial charge in [0.2, 0.25) is 0 Å². The SMILES string of the molecule is Cn1cnc2c1C1(CCOC1)NC(CN)C2. The predicted octanol–water partition coefficient (Wildman–Crippen LogP) is -0.491. The lowest BCUT2D eigenvalue weighted by atomic mass is 9.85. The molecule has 1 spiro atoms. The lowest BCUT2D eigenvalue weighted by Crippen LogP contribution is -2.56. The van der Waals surface area contributed by atoms with Gasteiger partial charge in [-0.1, -0.05) is 0 Å². The molecule has 3 rings (SSSR count). The van der Waals surface area contributed by atoms with E-state index >= 15 is 0 Å². The molecule has 0 aliphatic carbocycles. The van der Waals surface area contributed by atoms with Crippen LogP contribution in [-0.2, 0) is 23.7 Å². The largest absolute Gasteiger partial charge is 0.379 e. The van der Waals surface area contributed by atoms with Crippen LogP contribution in [0.15, 0.2) is 6.33 Å². The molecule has 5 nitrogen and oxygen atoms in total. The van der Waals surface area contributed by atoms with Gasteiger partial charge in [-0.05, 0) is 6.42 Å². The minimum Gasteiger partial charge on any atom is -0.379 e. The molecular formula is C11H18N4O. The van der Waals surface area contributed by atoms with Crippen molar-refractivity contribution in [2.45, 2.75) is 24.4 Å². The van der Waals surface area contributed by atoms with Gasteiger partial charge in [0, 0.05) is 32.7 Å². The summed E-state index contributed by atoms with van der Waals surface area (Å²) in [7, 11) is 2.05. The highest BCUT2D eigenvalue weighted by Gasteiger charge is 2.45. The molecule has 88 valence electrons. The molecule has 0 amide bonds. The molecule has 1 saturated heterocycles. The number of hydrogen-bond acceptors (Lipinski definition) is 4. The Bertz CT molecular complexity index is 395. The number of rotatable bonds is 1. The summed E-state index contributed by atoms with van der Waals surface area (Å²) in [6.07, 6.45) is 3.83. The topological polar surface area (TPSA) is 65.1 Å². The van der Waals surface area contributed by atoms with Crippen LogP contribution in [0.3, 0.4) is 0 Å². The van der Waals surface area contributed by atoms with Crippen LogP contribution in [0.1, 0.15) is 17.8 Å². The number of aromatic nitrogens is 2. The first-order valence-electron chi connectivity index (χ1n) is 5.81. The standard InChI is InChI=1S/C11H18N4O/c1-15-7-13-9-4-8(5-12)14-11(10(9)15)2-3-16-6-11/h7-8,14H,2-6,12H2,1H3. The van der Waals surface area contributed by atoms with Crippen molar-refractivity contribution >= 4 is 0 Å². The Morgan fingerprint density at radius 3 is 3.31 bits per heavy atom. The number of imidazole rings is 1. The number of nitrogens with zero attached hydrogens (tertiary/aromatic N) is 2. The summed E-state index contributed by atoms with van der Waals surface area (Å²) in [5.74, 6) is 0. The molecule has 1 fully saturated rings. The minimum atomic E-state index is -0.0527. The van der Waals surface area contributed by atoms with Crippen LogP contribution >= 0.6 is 0 Å². The molecule has 2 atom stereocenters. The summed E-state index contributed by atoms with van der Waals surface area (Å²) in [5, 5.41) is 3.65. The van der Waals surface area contributed by atoms with Crippen molar-refractivity contribution in [2.24, 2.45) is 12.8 Å². The van der Waals surface area contributed by atoms with Crippen LogP contribution in [0.5, 0.6) is 0 Å². The zero-order valence-corrected chi connectivity index (χ0v) is 9.57. The van der Waals surface area contributed by atoms with E-state index in [1.54, 1.807) is 0 Å². The maximum absolute atomic E-state index is 5.78. The van der Waals surface area contributed by atoms with Gasteiger partial charge in [-0.3, -0.25) is 5.32 Å². The van der Waals surface area contributed by atoms with Gasteiger partial charge < -0.3 is 15.0 Å². The molecule has 0 saturated carbocycles. The van der Waals surface area contributed by atoms with E-state index in [-0.39, 0.29) is 5.54 Å². The summed E-state index contributed by atoms with van der Waals surface area (Å²) >= 11 is 0. The Morgan fingerprint density at radius 2 is 2.62 bits per heavy atom. The molecule has 2 aliphatic rings. The number of aryl methyl sites for hydroxylation is 1. The van der Waals surface area contributed by atoms with Gasteiger partial charge in [-0.2, -0.15) is 0 Å². The first kappa shape index (κ1) is 10.3. The predicted molar refractivity (Wildman–Crippen MR) is 60.0 cm³/mol. The molecule has 1 aromatic heterocycles. The maximum Gasteiger partial charge on any atom is 0.0949 e. The second kappa shape index (κ2) is 3.55. The van der Waals surface area contributed by atoms with Gasteiger partial charge >= 0.3 is 0 Å². The monoisotopic (exact) mass is 222 g/mol. The van der Waals surface area contributed by atoms with E-state index in [1.165, 1.54) is 11.4 Å². The molecule has 2 unspecified atom stereocenters. The number of ether oxygens (including phenoxy) is 1. The third kappa shape index (κ3) is 1.32. The van der Waals surface area contributed by atoms with Crippen molar-refractivity contribution in [3.63, 3.8) is 0 Å². The summed E-state index contributed by atoms with van der Waals surface area (Å²) in [6.45, 7) is 2.20. The fourth-order valence-corrected chi connectivity index (χ4v) is 2.99. The average Bonchev–Trinajstić information content (AvgIpc) is 2.87. The maximum atomic E-state index is 5.78. The van der Waals surface area contributed by atoms with Crippen molar-refractivity contribution in [3.05, 3.63) is 17.7 Å². The Kier molecular flexibility index (Phi) is 2.27. The Labute approximate surface area is 95.0 Å². The van der Waals surface area contributed by atoms with E-state index in [0.717, 1.165) is 26.1 Å². The second-order valence-corrected chi connectivity index (χ2v) is 4.82. The molecule has 16 heavy (non-hydrogen) atoms. The fourth-order valence-electron chi connectivity index (χ4n) is 2.99. The first-order valence-corrected chi connectivity index (χ1v) is 5.81. The van der Waals surface area contributed by atoms with Crippen LogP contribution in [0.2, 0.25) is 0 Å². The van der Waals surface area contributed by atoms with Crippen molar-refractivity contribution in [1.29, 1.82) is 0 Å². The third-order valence-corrected chi connectivity index (χ3v) is 3.69.